The summed E-state index contributed by atoms with van der Waals surface area (Å²) in [6.45, 7) is 5.81. The summed E-state index contributed by atoms with van der Waals surface area (Å²) < 4.78 is 1.50. The standard InChI is InChI=1S/C17H17N3O2S/c1-4-12-7-5-6-8-14(12)19-15(21)13-9-18-17-20(16(13)22)10(2)11(3)23-17/h5-9H,4H2,1-3H3,(H,19,21). The molecule has 0 aliphatic rings. The van der Waals surface area contributed by atoms with Gasteiger partial charge in [-0.2, -0.15) is 0 Å². The molecule has 0 radical (unpaired) electrons. The lowest BCUT2D eigenvalue weighted by molar-refractivity contribution is 0.102. The van der Waals surface area contributed by atoms with E-state index in [1.807, 2.05) is 45.0 Å². The molecule has 2 heterocycles. The van der Waals surface area contributed by atoms with Crippen molar-refractivity contribution in [2.24, 2.45) is 0 Å². The van der Waals surface area contributed by atoms with E-state index in [4.69, 9.17) is 0 Å². The van der Waals surface area contributed by atoms with Crippen LogP contribution in [0.1, 0.15) is 33.4 Å². The van der Waals surface area contributed by atoms with Gasteiger partial charge in [-0.05, 0) is 31.9 Å². The SMILES string of the molecule is CCc1ccccc1NC(=O)c1cnc2sc(C)c(C)n2c1=O. The van der Waals surface area contributed by atoms with E-state index in [9.17, 15) is 9.59 Å². The van der Waals surface area contributed by atoms with E-state index in [0.717, 1.165) is 28.2 Å². The average molecular weight is 327 g/mol. The summed E-state index contributed by atoms with van der Waals surface area (Å²) in [6, 6.07) is 7.57. The lowest BCUT2D eigenvalue weighted by Gasteiger charge is -2.09. The fourth-order valence-electron chi connectivity index (χ4n) is 2.47. The maximum Gasteiger partial charge on any atom is 0.271 e. The van der Waals surface area contributed by atoms with Gasteiger partial charge in [-0.25, -0.2) is 4.98 Å². The van der Waals surface area contributed by atoms with Crippen LogP contribution in [0.25, 0.3) is 4.96 Å². The Labute approximate surface area is 137 Å². The van der Waals surface area contributed by atoms with E-state index >= 15 is 0 Å². The summed E-state index contributed by atoms with van der Waals surface area (Å²) in [5.41, 5.74) is 2.30. The number of rotatable bonds is 3. The number of hydrogen-bond acceptors (Lipinski definition) is 4. The van der Waals surface area contributed by atoms with E-state index in [1.54, 1.807) is 0 Å². The number of carbonyl (C=O) groups excluding carboxylic acids is 1. The fraction of sp³-hybridized carbons (Fsp3) is 0.235. The lowest BCUT2D eigenvalue weighted by atomic mass is 10.1. The molecule has 0 aliphatic heterocycles. The Morgan fingerprint density at radius 2 is 2.04 bits per heavy atom. The summed E-state index contributed by atoms with van der Waals surface area (Å²) >= 11 is 1.44. The second-order valence-corrected chi connectivity index (χ2v) is 6.49. The molecular formula is C17H17N3O2S. The Morgan fingerprint density at radius 3 is 2.78 bits per heavy atom. The summed E-state index contributed by atoms with van der Waals surface area (Å²) in [4.78, 5) is 31.0. The molecule has 1 aromatic carbocycles. The van der Waals surface area contributed by atoms with Crippen molar-refractivity contribution in [3.8, 4) is 0 Å². The van der Waals surface area contributed by atoms with Gasteiger partial charge >= 0.3 is 0 Å². The van der Waals surface area contributed by atoms with Gasteiger partial charge in [0.05, 0.1) is 0 Å². The van der Waals surface area contributed by atoms with Crippen molar-refractivity contribution >= 4 is 27.9 Å². The van der Waals surface area contributed by atoms with Gasteiger partial charge in [0, 0.05) is 22.5 Å². The molecule has 23 heavy (non-hydrogen) atoms. The first-order valence-electron chi connectivity index (χ1n) is 7.40. The first kappa shape index (κ1) is 15.4. The number of anilines is 1. The van der Waals surface area contributed by atoms with Crippen molar-refractivity contribution in [2.45, 2.75) is 27.2 Å². The monoisotopic (exact) mass is 327 g/mol. The fourth-order valence-corrected chi connectivity index (χ4v) is 3.40. The molecule has 0 fully saturated rings. The molecule has 0 atom stereocenters. The van der Waals surface area contributed by atoms with Gasteiger partial charge in [-0.3, -0.25) is 14.0 Å². The second kappa shape index (κ2) is 5.96. The normalized spacial score (nSPS) is 10.9. The van der Waals surface area contributed by atoms with Crippen LogP contribution in [0.2, 0.25) is 0 Å². The van der Waals surface area contributed by atoms with Crippen molar-refractivity contribution in [3.05, 3.63) is 62.5 Å². The molecule has 0 bridgehead atoms. The molecule has 118 valence electrons. The summed E-state index contributed by atoms with van der Waals surface area (Å²) in [5.74, 6) is -0.430. The highest BCUT2D eigenvalue weighted by Gasteiger charge is 2.17. The summed E-state index contributed by atoms with van der Waals surface area (Å²) in [6.07, 6.45) is 2.16. The molecule has 1 N–H and O–H groups in total. The predicted molar refractivity (Wildman–Crippen MR) is 92.6 cm³/mol. The van der Waals surface area contributed by atoms with E-state index in [2.05, 4.69) is 10.3 Å². The molecule has 0 spiro atoms. The minimum Gasteiger partial charge on any atom is -0.322 e. The van der Waals surface area contributed by atoms with Gasteiger partial charge < -0.3 is 5.32 Å². The molecule has 0 aliphatic carbocycles. The second-order valence-electron chi connectivity index (χ2n) is 5.30. The third-order valence-corrected chi connectivity index (χ3v) is 4.98. The molecule has 3 aromatic rings. The lowest BCUT2D eigenvalue weighted by Crippen LogP contribution is -2.27. The molecule has 0 unspecified atom stereocenters. The van der Waals surface area contributed by atoms with E-state index < -0.39 is 5.91 Å². The summed E-state index contributed by atoms with van der Waals surface area (Å²) in [7, 11) is 0. The molecule has 0 saturated carbocycles. The smallest absolute Gasteiger partial charge is 0.271 e. The Hall–Kier alpha value is -2.47. The molecule has 3 rings (SSSR count). The van der Waals surface area contributed by atoms with Gasteiger partial charge in [0.15, 0.2) is 4.96 Å². The van der Waals surface area contributed by atoms with Crippen LogP contribution in [0.15, 0.2) is 35.3 Å². The maximum absolute atomic E-state index is 12.6. The predicted octanol–water partition coefficient (Wildman–Crippen LogP) is 3.19. The van der Waals surface area contributed by atoms with Crippen LogP contribution < -0.4 is 10.9 Å². The van der Waals surface area contributed by atoms with E-state index in [-0.39, 0.29) is 11.1 Å². The molecule has 2 aromatic heterocycles. The van der Waals surface area contributed by atoms with Gasteiger partial charge in [0.2, 0.25) is 0 Å². The Bertz CT molecular complexity index is 956. The number of carbonyl (C=O) groups is 1. The van der Waals surface area contributed by atoms with Crippen LogP contribution in [-0.2, 0) is 6.42 Å². The van der Waals surface area contributed by atoms with Crippen LogP contribution in [0.4, 0.5) is 5.69 Å². The van der Waals surface area contributed by atoms with Crippen LogP contribution in [0, 0.1) is 13.8 Å². The van der Waals surface area contributed by atoms with Crippen LogP contribution >= 0.6 is 11.3 Å². The highest BCUT2D eigenvalue weighted by Crippen LogP contribution is 2.19. The molecule has 5 nitrogen and oxygen atoms in total. The Balaban J connectivity index is 2.03. The number of thiazole rings is 1. The topological polar surface area (TPSA) is 63.5 Å². The first-order chi connectivity index (χ1) is 11.0. The van der Waals surface area contributed by atoms with E-state index in [1.165, 1.54) is 21.9 Å². The molecule has 0 saturated heterocycles. The number of nitrogens with zero attached hydrogens (tertiary/aromatic N) is 2. The molecule has 6 heteroatoms. The zero-order chi connectivity index (χ0) is 16.6. The van der Waals surface area contributed by atoms with Crippen molar-refractivity contribution in [2.75, 3.05) is 5.32 Å². The number of aromatic nitrogens is 2. The minimum absolute atomic E-state index is 0.0503. The maximum atomic E-state index is 12.6. The quantitative estimate of drug-likeness (QED) is 0.803. The molecular weight excluding hydrogens is 310 g/mol. The first-order valence-corrected chi connectivity index (χ1v) is 8.21. The van der Waals surface area contributed by atoms with Crippen LogP contribution in [-0.4, -0.2) is 15.3 Å². The van der Waals surface area contributed by atoms with Gasteiger partial charge in [0.1, 0.15) is 5.56 Å². The van der Waals surface area contributed by atoms with Gasteiger partial charge in [-0.15, -0.1) is 11.3 Å². The minimum atomic E-state index is -0.430. The number of fused-ring (bicyclic) bond motifs is 1. The van der Waals surface area contributed by atoms with Crippen LogP contribution in [0.3, 0.4) is 0 Å². The largest absolute Gasteiger partial charge is 0.322 e. The number of aryl methyl sites for hydroxylation is 3. The highest BCUT2D eigenvalue weighted by molar-refractivity contribution is 7.17. The van der Waals surface area contributed by atoms with Crippen molar-refractivity contribution < 1.29 is 4.79 Å². The van der Waals surface area contributed by atoms with Gasteiger partial charge in [-0.1, -0.05) is 25.1 Å². The number of hydrogen-bond donors (Lipinski definition) is 1. The zero-order valence-electron chi connectivity index (χ0n) is 13.2. The Morgan fingerprint density at radius 1 is 1.30 bits per heavy atom. The van der Waals surface area contributed by atoms with Crippen molar-refractivity contribution in [1.29, 1.82) is 0 Å². The van der Waals surface area contributed by atoms with Gasteiger partial charge in [0.25, 0.3) is 11.5 Å². The number of amides is 1. The third-order valence-electron chi connectivity index (χ3n) is 3.91. The van der Waals surface area contributed by atoms with E-state index in [0.29, 0.717) is 4.96 Å². The highest BCUT2D eigenvalue weighted by atomic mass is 32.1. The number of benzene rings is 1. The zero-order valence-corrected chi connectivity index (χ0v) is 14.0. The number of nitrogens with one attached hydrogen (secondary N) is 1. The third kappa shape index (κ3) is 2.66. The average Bonchev–Trinajstić information content (AvgIpc) is 2.83. The summed E-state index contributed by atoms with van der Waals surface area (Å²) in [5, 5.41) is 2.82. The number of para-hydroxylation sites is 1. The Kier molecular flexibility index (Phi) is 4.00. The van der Waals surface area contributed by atoms with Crippen LogP contribution in [0.5, 0.6) is 0 Å². The van der Waals surface area contributed by atoms with Crippen molar-refractivity contribution in [1.82, 2.24) is 9.38 Å². The van der Waals surface area contributed by atoms with Crippen molar-refractivity contribution in [3.63, 3.8) is 0 Å². The molecule has 1 amide bonds.